The molecule has 4 nitrogen and oxygen atoms in total. The van der Waals surface area contributed by atoms with Crippen LogP contribution in [-0.2, 0) is 0 Å². The molecule has 1 aromatic heterocycles. The fourth-order valence-electron chi connectivity index (χ4n) is 2.73. The molecule has 2 rings (SSSR count). The smallest absolute Gasteiger partial charge is 0.134 e. The van der Waals surface area contributed by atoms with Gasteiger partial charge in [0, 0.05) is 25.7 Å². The average Bonchev–Trinajstić information content (AvgIpc) is 2.46. The maximum atomic E-state index is 4.42. The lowest BCUT2D eigenvalue weighted by Gasteiger charge is -2.32. The lowest BCUT2D eigenvalue weighted by Crippen LogP contribution is -2.34. The number of nitrogens with one attached hydrogen (secondary N) is 1. The van der Waals surface area contributed by atoms with Crippen LogP contribution in [-0.4, -0.2) is 29.6 Å². The summed E-state index contributed by atoms with van der Waals surface area (Å²) in [5, 5.41) is 3.33. The summed E-state index contributed by atoms with van der Waals surface area (Å²) < 4.78 is 0. The zero-order valence-electron chi connectivity index (χ0n) is 12.2. The van der Waals surface area contributed by atoms with Gasteiger partial charge in [0.2, 0.25) is 0 Å². The highest BCUT2D eigenvalue weighted by Gasteiger charge is 2.19. The van der Waals surface area contributed by atoms with Gasteiger partial charge >= 0.3 is 0 Å². The van der Waals surface area contributed by atoms with Crippen molar-refractivity contribution in [3.05, 3.63) is 12.4 Å². The van der Waals surface area contributed by atoms with Crippen LogP contribution in [0.1, 0.15) is 46.0 Å². The van der Waals surface area contributed by atoms with Crippen LogP contribution in [0.2, 0.25) is 0 Å². The van der Waals surface area contributed by atoms with Crippen LogP contribution in [0.15, 0.2) is 12.4 Å². The van der Waals surface area contributed by atoms with E-state index in [-0.39, 0.29) is 0 Å². The van der Waals surface area contributed by atoms with Crippen molar-refractivity contribution in [1.82, 2.24) is 9.97 Å². The molecule has 0 saturated carbocycles. The van der Waals surface area contributed by atoms with Crippen molar-refractivity contribution < 1.29 is 0 Å². The van der Waals surface area contributed by atoms with E-state index in [0.29, 0.717) is 0 Å². The van der Waals surface area contributed by atoms with Crippen LogP contribution >= 0.6 is 0 Å². The molecule has 0 amide bonds. The molecule has 1 aliphatic rings. The van der Waals surface area contributed by atoms with Gasteiger partial charge in [-0.25, -0.2) is 9.97 Å². The van der Waals surface area contributed by atoms with Crippen LogP contribution in [0.3, 0.4) is 0 Å². The van der Waals surface area contributed by atoms with Crippen molar-refractivity contribution in [3.63, 3.8) is 0 Å². The molecule has 1 aromatic rings. The van der Waals surface area contributed by atoms with Gasteiger partial charge in [0.25, 0.3) is 0 Å². The van der Waals surface area contributed by atoms with Gasteiger partial charge in [0.05, 0.1) is 0 Å². The largest absolute Gasteiger partial charge is 0.370 e. The molecule has 0 aliphatic carbocycles. The number of nitrogens with zero attached hydrogens (tertiary/aromatic N) is 3. The second-order valence-corrected chi connectivity index (χ2v) is 5.41. The molecule has 1 aliphatic heterocycles. The summed E-state index contributed by atoms with van der Waals surface area (Å²) in [6.07, 6.45) is 8.07. The summed E-state index contributed by atoms with van der Waals surface area (Å²) in [5.41, 5.74) is 0. The third-order valence-corrected chi connectivity index (χ3v) is 3.84. The predicted octanol–water partition coefficient (Wildman–Crippen LogP) is 3.32. The van der Waals surface area contributed by atoms with E-state index in [1.165, 1.54) is 25.7 Å². The van der Waals surface area contributed by atoms with Gasteiger partial charge in [0.15, 0.2) is 0 Å². The zero-order valence-corrected chi connectivity index (χ0v) is 12.2. The molecule has 0 radical (unpaired) electrons. The highest BCUT2D eigenvalue weighted by molar-refractivity contribution is 5.48. The Balaban J connectivity index is 1.91. The van der Waals surface area contributed by atoms with E-state index < -0.39 is 0 Å². The molecular weight excluding hydrogens is 236 g/mol. The minimum absolute atomic E-state index is 0.917. The van der Waals surface area contributed by atoms with Gasteiger partial charge in [-0.2, -0.15) is 0 Å². The van der Waals surface area contributed by atoms with Gasteiger partial charge in [-0.1, -0.05) is 26.7 Å². The number of anilines is 2. The zero-order chi connectivity index (χ0) is 13.5. The first-order chi connectivity index (χ1) is 9.33. The Hall–Kier alpha value is -1.32. The molecule has 1 saturated heterocycles. The average molecular weight is 262 g/mol. The first-order valence-corrected chi connectivity index (χ1v) is 7.64. The van der Waals surface area contributed by atoms with E-state index in [0.717, 1.165) is 43.6 Å². The normalized spacial score (nSPS) is 16.6. The van der Waals surface area contributed by atoms with Gasteiger partial charge in [0.1, 0.15) is 18.0 Å². The summed E-state index contributed by atoms with van der Waals surface area (Å²) in [7, 11) is 0. The number of hydrogen-bond acceptors (Lipinski definition) is 4. The van der Waals surface area contributed by atoms with Crippen LogP contribution in [0.5, 0.6) is 0 Å². The second kappa shape index (κ2) is 7.31. The van der Waals surface area contributed by atoms with Gasteiger partial charge in [-0.05, 0) is 25.2 Å². The molecule has 0 bridgehead atoms. The lowest BCUT2D eigenvalue weighted by atomic mass is 9.92. The monoisotopic (exact) mass is 262 g/mol. The van der Waals surface area contributed by atoms with E-state index >= 15 is 0 Å². The fourth-order valence-corrected chi connectivity index (χ4v) is 2.73. The van der Waals surface area contributed by atoms with E-state index in [2.05, 4.69) is 40.1 Å². The Bertz CT molecular complexity index is 372. The molecule has 0 unspecified atom stereocenters. The van der Waals surface area contributed by atoms with Gasteiger partial charge < -0.3 is 10.2 Å². The minimum Gasteiger partial charge on any atom is -0.370 e. The maximum Gasteiger partial charge on any atom is 0.134 e. The summed E-state index contributed by atoms with van der Waals surface area (Å²) in [6, 6.07) is 2.08. The van der Waals surface area contributed by atoms with Crippen LogP contribution in [0, 0.1) is 5.92 Å². The van der Waals surface area contributed by atoms with E-state index in [9.17, 15) is 0 Å². The summed E-state index contributed by atoms with van der Waals surface area (Å²) >= 11 is 0. The quantitative estimate of drug-likeness (QED) is 0.854. The van der Waals surface area contributed by atoms with Crippen LogP contribution < -0.4 is 10.2 Å². The molecular formula is C15H26N4. The Morgan fingerprint density at radius 3 is 2.68 bits per heavy atom. The molecule has 0 atom stereocenters. The van der Waals surface area contributed by atoms with Crippen molar-refractivity contribution in [2.45, 2.75) is 46.0 Å². The molecule has 1 N–H and O–H groups in total. The second-order valence-electron chi connectivity index (χ2n) is 5.41. The molecule has 4 heteroatoms. The molecule has 0 aromatic carbocycles. The van der Waals surface area contributed by atoms with Crippen LogP contribution in [0.25, 0.3) is 0 Å². The minimum atomic E-state index is 0.917. The number of aromatic nitrogens is 2. The molecule has 19 heavy (non-hydrogen) atoms. The van der Waals surface area contributed by atoms with E-state index in [4.69, 9.17) is 0 Å². The summed E-state index contributed by atoms with van der Waals surface area (Å²) in [6.45, 7) is 7.68. The summed E-state index contributed by atoms with van der Waals surface area (Å²) in [4.78, 5) is 11.1. The Labute approximate surface area is 116 Å². The number of piperidine rings is 1. The van der Waals surface area contributed by atoms with Gasteiger partial charge in [-0.3, -0.25) is 0 Å². The maximum absolute atomic E-state index is 4.42. The van der Waals surface area contributed by atoms with Crippen molar-refractivity contribution in [1.29, 1.82) is 0 Å². The Kier molecular flexibility index (Phi) is 5.43. The first kappa shape index (κ1) is 14.1. The van der Waals surface area contributed by atoms with Crippen molar-refractivity contribution >= 4 is 11.6 Å². The third-order valence-electron chi connectivity index (χ3n) is 3.84. The topological polar surface area (TPSA) is 41.0 Å². The standard InChI is InChI=1S/C15H26N4/c1-3-5-13-6-9-19(10-7-13)15-11-14(16-8-4-2)17-12-18-15/h11-13H,3-10H2,1-2H3,(H,16,17,18). The SMILES string of the molecule is CCCNc1cc(N2CCC(CCC)CC2)ncn1. The Morgan fingerprint density at radius 2 is 2.00 bits per heavy atom. The van der Waals surface area contributed by atoms with E-state index in [1.54, 1.807) is 6.33 Å². The highest BCUT2D eigenvalue weighted by Crippen LogP contribution is 2.25. The number of rotatable bonds is 6. The molecule has 2 heterocycles. The third kappa shape index (κ3) is 4.08. The lowest BCUT2D eigenvalue weighted by molar-refractivity contribution is 0.377. The number of hydrogen-bond donors (Lipinski definition) is 1. The van der Waals surface area contributed by atoms with Gasteiger partial charge in [-0.15, -0.1) is 0 Å². The fraction of sp³-hybridized carbons (Fsp3) is 0.733. The predicted molar refractivity (Wildman–Crippen MR) is 80.7 cm³/mol. The first-order valence-electron chi connectivity index (χ1n) is 7.64. The summed E-state index contributed by atoms with van der Waals surface area (Å²) in [5.74, 6) is 2.94. The van der Waals surface area contributed by atoms with Crippen molar-refractivity contribution in [2.75, 3.05) is 29.9 Å². The molecule has 106 valence electrons. The van der Waals surface area contributed by atoms with Crippen molar-refractivity contribution in [3.8, 4) is 0 Å². The van der Waals surface area contributed by atoms with Crippen molar-refractivity contribution in [2.24, 2.45) is 5.92 Å². The molecule has 0 spiro atoms. The van der Waals surface area contributed by atoms with E-state index in [1.807, 2.05) is 0 Å². The highest BCUT2D eigenvalue weighted by atomic mass is 15.2. The Morgan fingerprint density at radius 1 is 1.21 bits per heavy atom. The molecule has 1 fully saturated rings. The van der Waals surface area contributed by atoms with Crippen LogP contribution in [0.4, 0.5) is 11.6 Å².